The van der Waals surface area contributed by atoms with Crippen LogP contribution in [-0.2, 0) is 0 Å². The summed E-state index contributed by atoms with van der Waals surface area (Å²) >= 11 is 1.28. The standard InChI is InChI=1S/C20H17N3O4S/c1-3-26-15-7-4-12-10-16(19(24)27-17(12)11-15)18-22-23-20(28-18)21-13-5-8-14(25-2)9-6-13/h4-11H,3H2,1-2H3,(H,21,23). The smallest absolute Gasteiger partial charge is 0.346 e. The van der Waals surface area contributed by atoms with E-state index in [-0.39, 0.29) is 0 Å². The number of hydrogen-bond donors (Lipinski definition) is 1. The van der Waals surface area contributed by atoms with E-state index >= 15 is 0 Å². The minimum Gasteiger partial charge on any atom is -0.497 e. The number of anilines is 2. The second kappa shape index (κ2) is 7.69. The van der Waals surface area contributed by atoms with Gasteiger partial charge in [-0.15, -0.1) is 10.2 Å². The number of nitrogens with one attached hydrogen (secondary N) is 1. The molecule has 8 heteroatoms. The van der Waals surface area contributed by atoms with Crippen molar-refractivity contribution in [2.45, 2.75) is 6.92 Å². The number of hydrogen-bond acceptors (Lipinski definition) is 8. The van der Waals surface area contributed by atoms with Gasteiger partial charge in [-0.3, -0.25) is 0 Å². The molecule has 0 aliphatic rings. The molecule has 0 amide bonds. The zero-order valence-corrected chi connectivity index (χ0v) is 16.1. The van der Waals surface area contributed by atoms with E-state index in [1.54, 1.807) is 19.2 Å². The highest BCUT2D eigenvalue weighted by molar-refractivity contribution is 7.18. The monoisotopic (exact) mass is 395 g/mol. The predicted octanol–water partition coefficient (Wildman–Crippen LogP) is 4.46. The molecular weight excluding hydrogens is 378 g/mol. The molecule has 0 aliphatic carbocycles. The molecule has 4 aromatic rings. The van der Waals surface area contributed by atoms with Gasteiger partial charge in [-0.05, 0) is 49.4 Å². The predicted molar refractivity (Wildman–Crippen MR) is 109 cm³/mol. The van der Waals surface area contributed by atoms with Crippen LogP contribution in [0.1, 0.15) is 6.92 Å². The van der Waals surface area contributed by atoms with E-state index in [1.165, 1.54) is 11.3 Å². The second-order valence-corrected chi connectivity index (χ2v) is 6.82. The van der Waals surface area contributed by atoms with E-state index in [2.05, 4.69) is 15.5 Å². The molecule has 28 heavy (non-hydrogen) atoms. The maximum Gasteiger partial charge on any atom is 0.346 e. The van der Waals surface area contributed by atoms with Crippen LogP contribution in [0.4, 0.5) is 10.8 Å². The van der Waals surface area contributed by atoms with E-state index in [4.69, 9.17) is 13.9 Å². The quantitative estimate of drug-likeness (QED) is 0.482. The van der Waals surface area contributed by atoms with Crippen LogP contribution in [0.15, 0.2) is 57.7 Å². The fraction of sp³-hybridized carbons (Fsp3) is 0.150. The molecule has 0 unspecified atom stereocenters. The number of benzene rings is 2. The normalized spacial score (nSPS) is 10.8. The van der Waals surface area contributed by atoms with Crippen LogP contribution in [0.2, 0.25) is 0 Å². The van der Waals surface area contributed by atoms with Crippen molar-refractivity contribution in [1.82, 2.24) is 10.2 Å². The molecule has 1 N–H and O–H groups in total. The van der Waals surface area contributed by atoms with Crippen LogP contribution in [0.3, 0.4) is 0 Å². The molecule has 2 aromatic carbocycles. The Morgan fingerprint density at radius 3 is 2.61 bits per heavy atom. The van der Waals surface area contributed by atoms with Crippen molar-refractivity contribution in [2.24, 2.45) is 0 Å². The maximum absolute atomic E-state index is 12.4. The molecule has 7 nitrogen and oxygen atoms in total. The molecule has 0 fully saturated rings. The van der Waals surface area contributed by atoms with Crippen LogP contribution < -0.4 is 20.4 Å². The third-order valence-electron chi connectivity index (χ3n) is 4.02. The van der Waals surface area contributed by atoms with Gasteiger partial charge in [0.05, 0.1) is 19.3 Å². The van der Waals surface area contributed by atoms with Crippen molar-refractivity contribution < 1.29 is 13.9 Å². The highest BCUT2D eigenvalue weighted by Crippen LogP contribution is 2.29. The molecule has 0 saturated carbocycles. The first-order valence-electron chi connectivity index (χ1n) is 8.62. The van der Waals surface area contributed by atoms with Gasteiger partial charge in [-0.1, -0.05) is 11.3 Å². The summed E-state index contributed by atoms with van der Waals surface area (Å²) in [5.74, 6) is 1.43. The summed E-state index contributed by atoms with van der Waals surface area (Å²) in [7, 11) is 1.62. The summed E-state index contributed by atoms with van der Waals surface area (Å²) in [5, 5.41) is 13.3. The van der Waals surface area contributed by atoms with Gasteiger partial charge in [-0.25, -0.2) is 4.79 Å². The molecule has 0 spiro atoms. The molecule has 0 radical (unpaired) electrons. The van der Waals surface area contributed by atoms with Gasteiger partial charge >= 0.3 is 5.63 Å². The van der Waals surface area contributed by atoms with Crippen LogP contribution in [-0.4, -0.2) is 23.9 Å². The van der Waals surface area contributed by atoms with E-state index < -0.39 is 5.63 Å². The number of nitrogens with zero attached hydrogens (tertiary/aromatic N) is 2. The van der Waals surface area contributed by atoms with Gasteiger partial charge in [0.15, 0.2) is 5.01 Å². The zero-order chi connectivity index (χ0) is 19.5. The van der Waals surface area contributed by atoms with Crippen molar-refractivity contribution in [3.05, 3.63) is 59.0 Å². The second-order valence-electron chi connectivity index (χ2n) is 5.85. The number of methoxy groups -OCH3 is 1. The fourth-order valence-electron chi connectivity index (χ4n) is 2.68. The zero-order valence-electron chi connectivity index (χ0n) is 15.3. The summed E-state index contributed by atoms with van der Waals surface area (Å²) in [5.41, 5.74) is 1.23. The Hall–Kier alpha value is -3.39. The van der Waals surface area contributed by atoms with Gasteiger partial charge in [0.2, 0.25) is 5.13 Å². The summed E-state index contributed by atoms with van der Waals surface area (Å²) in [6.07, 6.45) is 0. The van der Waals surface area contributed by atoms with Crippen LogP contribution in [0, 0.1) is 0 Å². The summed E-state index contributed by atoms with van der Waals surface area (Å²) in [4.78, 5) is 12.4. The highest BCUT2D eigenvalue weighted by Gasteiger charge is 2.14. The van der Waals surface area contributed by atoms with Gasteiger partial charge in [0.25, 0.3) is 0 Å². The number of ether oxygens (including phenoxy) is 2. The topological polar surface area (TPSA) is 86.5 Å². The first-order valence-corrected chi connectivity index (χ1v) is 9.43. The van der Waals surface area contributed by atoms with E-state index in [1.807, 2.05) is 43.3 Å². The van der Waals surface area contributed by atoms with Crippen LogP contribution in [0.5, 0.6) is 11.5 Å². The molecular formula is C20H17N3O4S. The Bertz CT molecular complexity index is 1170. The molecule has 0 aliphatic heterocycles. The van der Waals surface area contributed by atoms with Crippen LogP contribution >= 0.6 is 11.3 Å². The first kappa shape index (κ1) is 18.0. The third-order valence-corrected chi connectivity index (χ3v) is 4.89. The lowest BCUT2D eigenvalue weighted by Crippen LogP contribution is -2.02. The summed E-state index contributed by atoms with van der Waals surface area (Å²) < 4.78 is 16.0. The lowest BCUT2D eigenvalue weighted by Gasteiger charge is -2.04. The number of aromatic nitrogens is 2. The van der Waals surface area contributed by atoms with Crippen LogP contribution in [0.25, 0.3) is 21.5 Å². The third kappa shape index (κ3) is 3.67. The Labute approximate surface area is 164 Å². The Kier molecular flexibility index (Phi) is 4.94. The molecule has 142 valence electrons. The number of rotatable bonds is 6. The van der Waals surface area contributed by atoms with E-state index in [0.29, 0.717) is 33.6 Å². The average molecular weight is 395 g/mol. The molecule has 0 atom stereocenters. The summed E-state index contributed by atoms with van der Waals surface area (Å²) in [6, 6.07) is 14.6. The molecule has 0 saturated heterocycles. The number of fused-ring (bicyclic) bond motifs is 1. The SMILES string of the molecule is CCOc1ccc2cc(-c3nnc(Nc4ccc(OC)cc4)s3)c(=O)oc2c1. The minimum atomic E-state index is -0.465. The van der Waals surface area contributed by atoms with Crippen molar-refractivity contribution >= 4 is 33.1 Å². The maximum atomic E-state index is 12.4. The Morgan fingerprint density at radius 2 is 1.86 bits per heavy atom. The van der Waals surface area contributed by atoms with E-state index in [0.717, 1.165) is 16.8 Å². The largest absolute Gasteiger partial charge is 0.497 e. The lowest BCUT2D eigenvalue weighted by molar-refractivity contribution is 0.340. The lowest BCUT2D eigenvalue weighted by atomic mass is 10.2. The van der Waals surface area contributed by atoms with Crippen molar-refractivity contribution in [2.75, 3.05) is 19.0 Å². The van der Waals surface area contributed by atoms with Gasteiger partial charge in [0, 0.05) is 17.1 Å². The molecule has 4 rings (SSSR count). The minimum absolute atomic E-state index is 0.372. The van der Waals surface area contributed by atoms with E-state index in [9.17, 15) is 4.79 Å². The summed E-state index contributed by atoms with van der Waals surface area (Å²) in [6.45, 7) is 2.44. The Balaban J connectivity index is 1.62. The van der Waals surface area contributed by atoms with Gasteiger partial charge in [0.1, 0.15) is 17.1 Å². The van der Waals surface area contributed by atoms with Crippen molar-refractivity contribution in [1.29, 1.82) is 0 Å². The van der Waals surface area contributed by atoms with Crippen molar-refractivity contribution in [3.63, 3.8) is 0 Å². The highest BCUT2D eigenvalue weighted by atomic mass is 32.1. The Morgan fingerprint density at radius 1 is 1.07 bits per heavy atom. The van der Waals surface area contributed by atoms with Crippen molar-refractivity contribution in [3.8, 4) is 22.1 Å². The van der Waals surface area contributed by atoms with Gasteiger partial charge in [-0.2, -0.15) is 0 Å². The van der Waals surface area contributed by atoms with Gasteiger partial charge < -0.3 is 19.2 Å². The molecule has 2 heterocycles. The fourth-order valence-corrected chi connectivity index (χ4v) is 3.45. The average Bonchev–Trinajstić information content (AvgIpc) is 3.16. The molecule has 0 bridgehead atoms. The first-order chi connectivity index (χ1) is 13.7. The molecule has 2 aromatic heterocycles.